The third-order valence-electron chi connectivity index (χ3n) is 3.26. The third kappa shape index (κ3) is 4.27. The topological polar surface area (TPSA) is 31.4 Å². The molecule has 2 rings (SSSR count). The first kappa shape index (κ1) is 13.3. The van der Waals surface area contributed by atoms with Gasteiger partial charge in [-0.3, -0.25) is 0 Å². The van der Waals surface area contributed by atoms with Gasteiger partial charge in [0.05, 0.1) is 0 Å². The van der Waals surface area contributed by atoms with E-state index in [-0.39, 0.29) is 0 Å². The van der Waals surface area contributed by atoms with Crippen molar-refractivity contribution in [1.82, 2.24) is 15.2 Å². The molecule has 100 valence electrons. The average molecular weight is 248 g/mol. The number of likely N-dealkylation sites (N-methyl/N-ethyl adjacent to an activating group) is 2. The zero-order valence-corrected chi connectivity index (χ0v) is 11.7. The van der Waals surface area contributed by atoms with Crippen LogP contribution < -0.4 is 10.2 Å². The Balaban J connectivity index is 1.81. The van der Waals surface area contributed by atoms with Gasteiger partial charge < -0.3 is 15.1 Å². The highest BCUT2D eigenvalue weighted by Gasteiger charge is 2.19. The molecular weight excluding hydrogens is 224 g/mol. The zero-order valence-electron chi connectivity index (χ0n) is 11.7. The lowest BCUT2D eigenvalue weighted by Crippen LogP contribution is -2.29. The van der Waals surface area contributed by atoms with Gasteiger partial charge in [0, 0.05) is 38.9 Å². The second-order valence-electron chi connectivity index (χ2n) is 5.40. The average Bonchev–Trinajstić information content (AvgIpc) is 3.18. The molecule has 1 fully saturated rings. The molecule has 0 radical (unpaired) electrons. The van der Waals surface area contributed by atoms with Crippen LogP contribution in [0, 0.1) is 0 Å². The van der Waals surface area contributed by atoms with Crippen LogP contribution in [0.2, 0.25) is 0 Å². The summed E-state index contributed by atoms with van der Waals surface area (Å²) in [7, 11) is 6.27. The normalized spacial score (nSPS) is 15.1. The number of rotatable bonds is 7. The summed E-state index contributed by atoms with van der Waals surface area (Å²) in [6, 6.07) is 5.04. The summed E-state index contributed by atoms with van der Waals surface area (Å²) in [4.78, 5) is 8.90. The van der Waals surface area contributed by atoms with E-state index in [1.54, 1.807) is 0 Å². The minimum atomic E-state index is 0.757. The van der Waals surface area contributed by atoms with Crippen LogP contribution in [0.25, 0.3) is 0 Å². The van der Waals surface area contributed by atoms with Gasteiger partial charge in [-0.1, -0.05) is 6.07 Å². The van der Waals surface area contributed by atoms with E-state index in [9.17, 15) is 0 Å². The molecule has 1 heterocycles. The molecular formula is C14H24N4. The van der Waals surface area contributed by atoms with Gasteiger partial charge in [-0.2, -0.15) is 0 Å². The van der Waals surface area contributed by atoms with Gasteiger partial charge in [0.15, 0.2) is 0 Å². The van der Waals surface area contributed by atoms with Gasteiger partial charge in [0.2, 0.25) is 0 Å². The summed E-state index contributed by atoms with van der Waals surface area (Å²) in [5, 5.41) is 3.50. The lowest BCUT2D eigenvalue weighted by atomic mass is 10.2. The fraction of sp³-hybridized carbons (Fsp3) is 0.643. The first-order chi connectivity index (χ1) is 8.65. The molecule has 0 amide bonds. The van der Waals surface area contributed by atoms with Crippen molar-refractivity contribution in [3.63, 3.8) is 0 Å². The van der Waals surface area contributed by atoms with Crippen LogP contribution in [0.4, 0.5) is 5.82 Å². The van der Waals surface area contributed by atoms with E-state index in [0.29, 0.717) is 0 Å². The van der Waals surface area contributed by atoms with Crippen molar-refractivity contribution in [2.45, 2.75) is 25.4 Å². The predicted octanol–water partition coefficient (Wildman–Crippen LogP) is 1.33. The van der Waals surface area contributed by atoms with E-state index in [0.717, 1.165) is 31.5 Å². The maximum absolute atomic E-state index is 4.52. The van der Waals surface area contributed by atoms with Crippen LogP contribution >= 0.6 is 0 Å². The van der Waals surface area contributed by atoms with Crippen LogP contribution in [0.3, 0.4) is 0 Å². The minimum absolute atomic E-state index is 0.757. The standard InChI is InChI=1S/C14H24N4/c1-17(2)8-9-18(3)14-7-4-12(11-16-14)10-15-13-5-6-13/h4,7,11,13,15H,5-6,8-10H2,1-3H3. The molecule has 0 atom stereocenters. The smallest absolute Gasteiger partial charge is 0.128 e. The van der Waals surface area contributed by atoms with Gasteiger partial charge in [0.25, 0.3) is 0 Å². The molecule has 4 heteroatoms. The van der Waals surface area contributed by atoms with Gasteiger partial charge in [-0.05, 0) is 38.6 Å². The Labute approximate surface area is 110 Å². The molecule has 0 spiro atoms. The van der Waals surface area contributed by atoms with E-state index in [1.807, 2.05) is 6.20 Å². The maximum atomic E-state index is 4.52. The largest absolute Gasteiger partial charge is 0.358 e. The monoisotopic (exact) mass is 248 g/mol. The predicted molar refractivity (Wildman–Crippen MR) is 75.9 cm³/mol. The van der Waals surface area contributed by atoms with E-state index in [4.69, 9.17) is 0 Å². The molecule has 0 aromatic carbocycles. The number of hydrogen-bond donors (Lipinski definition) is 1. The van der Waals surface area contributed by atoms with Crippen molar-refractivity contribution in [2.24, 2.45) is 0 Å². The van der Waals surface area contributed by atoms with Crippen molar-refractivity contribution in [2.75, 3.05) is 39.1 Å². The Bertz CT molecular complexity index is 357. The second kappa shape index (κ2) is 6.16. The fourth-order valence-corrected chi connectivity index (χ4v) is 1.76. The molecule has 1 saturated carbocycles. The maximum Gasteiger partial charge on any atom is 0.128 e. The third-order valence-corrected chi connectivity index (χ3v) is 3.26. The Morgan fingerprint density at radius 2 is 2.00 bits per heavy atom. The molecule has 0 aliphatic heterocycles. The number of pyridine rings is 1. The molecule has 0 bridgehead atoms. The zero-order chi connectivity index (χ0) is 13.0. The van der Waals surface area contributed by atoms with Crippen LogP contribution in [0.15, 0.2) is 18.3 Å². The van der Waals surface area contributed by atoms with Crippen LogP contribution in [-0.2, 0) is 6.54 Å². The van der Waals surface area contributed by atoms with Crippen LogP contribution in [-0.4, -0.2) is 50.2 Å². The summed E-state index contributed by atoms with van der Waals surface area (Å²) in [5.74, 6) is 1.05. The van der Waals surface area contributed by atoms with Crippen LogP contribution in [0.1, 0.15) is 18.4 Å². The van der Waals surface area contributed by atoms with E-state index >= 15 is 0 Å². The summed E-state index contributed by atoms with van der Waals surface area (Å²) < 4.78 is 0. The Morgan fingerprint density at radius 3 is 2.56 bits per heavy atom. The molecule has 1 aliphatic carbocycles. The molecule has 18 heavy (non-hydrogen) atoms. The molecule has 1 aromatic heterocycles. The number of aromatic nitrogens is 1. The quantitative estimate of drug-likeness (QED) is 0.789. The van der Waals surface area contributed by atoms with Crippen molar-refractivity contribution in [3.05, 3.63) is 23.9 Å². The lowest BCUT2D eigenvalue weighted by molar-refractivity contribution is 0.416. The van der Waals surface area contributed by atoms with E-state index in [2.05, 4.69) is 53.4 Å². The first-order valence-electron chi connectivity index (χ1n) is 6.69. The minimum Gasteiger partial charge on any atom is -0.358 e. The van der Waals surface area contributed by atoms with Gasteiger partial charge in [-0.25, -0.2) is 4.98 Å². The van der Waals surface area contributed by atoms with Crippen molar-refractivity contribution in [3.8, 4) is 0 Å². The number of hydrogen-bond acceptors (Lipinski definition) is 4. The Kier molecular flexibility index (Phi) is 4.55. The SMILES string of the molecule is CN(C)CCN(C)c1ccc(CNC2CC2)cn1. The van der Waals surface area contributed by atoms with Gasteiger partial charge in [-0.15, -0.1) is 0 Å². The summed E-state index contributed by atoms with van der Waals surface area (Å²) in [6.07, 6.45) is 4.65. The highest BCUT2D eigenvalue weighted by Crippen LogP contribution is 2.19. The second-order valence-corrected chi connectivity index (χ2v) is 5.40. The highest BCUT2D eigenvalue weighted by molar-refractivity contribution is 5.38. The number of nitrogens with one attached hydrogen (secondary N) is 1. The number of anilines is 1. The first-order valence-corrected chi connectivity index (χ1v) is 6.69. The highest BCUT2D eigenvalue weighted by atomic mass is 15.2. The molecule has 0 saturated heterocycles. The van der Waals surface area contributed by atoms with Crippen LogP contribution in [0.5, 0.6) is 0 Å². The Morgan fingerprint density at radius 1 is 1.22 bits per heavy atom. The molecule has 1 aliphatic rings. The van der Waals surface area contributed by atoms with E-state index in [1.165, 1.54) is 18.4 Å². The fourth-order valence-electron chi connectivity index (χ4n) is 1.76. The van der Waals surface area contributed by atoms with Crippen molar-refractivity contribution in [1.29, 1.82) is 0 Å². The number of nitrogens with zero attached hydrogens (tertiary/aromatic N) is 3. The molecule has 4 nitrogen and oxygen atoms in total. The lowest BCUT2D eigenvalue weighted by Gasteiger charge is -2.20. The van der Waals surface area contributed by atoms with Gasteiger partial charge >= 0.3 is 0 Å². The summed E-state index contributed by atoms with van der Waals surface area (Å²) in [6.45, 7) is 2.99. The summed E-state index contributed by atoms with van der Waals surface area (Å²) >= 11 is 0. The van der Waals surface area contributed by atoms with Gasteiger partial charge in [0.1, 0.15) is 5.82 Å². The Hall–Kier alpha value is -1.13. The summed E-state index contributed by atoms with van der Waals surface area (Å²) in [5.41, 5.74) is 1.27. The van der Waals surface area contributed by atoms with Crippen molar-refractivity contribution < 1.29 is 0 Å². The molecule has 0 unspecified atom stereocenters. The molecule has 1 N–H and O–H groups in total. The molecule has 1 aromatic rings. The van der Waals surface area contributed by atoms with E-state index < -0.39 is 0 Å². The van der Waals surface area contributed by atoms with Crippen molar-refractivity contribution >= 4 is 5.82 Å².